The Balaban J connectivity index is 1.02. The molecule has 0 spiro atoms. The molecule has 5 saturated carbocycles. The number of benzene rings is 6. The van der Waals surface area contributed by atoms with Gasteiger partial charge in [0.1, 0.15) is 0 Å². The first kappa shape index (κ1) is 35.3. The minimum absolute atomic E-state index is 0.0699. The van der Waals surface area contributed by atoms with Gasteiger partial charge in [-0.1, -0.05) is 149 Å². The van der Waals surface area contributed by atoms with Gasteiger partial charge in [0.2, 0.25) is 0 Å². The molecule has 6 aliphatic carbocycles. The maximum absolute atomic E-state index is 2.55. The van der Waals surface area contributed by atoms with Crippen LogP contribution in [0.1, 0.15) is 119 Å². The summed E-state index contributed by atoms with van der Waals surface area (Å²) in [5, 5.41) is 0. The molecular weight excluding hydrogens is 687 g/mol. The molecule has 4 bridgehead atoms. The Morgan fingerprint density at radius 1 is 0.456 bits per heavy atom. The van der Waals surface area contributed by atoms with Crippen LogP contribution in [0.5, 0.6) is 0 Å². The Morgan fingerprint density at radius 2 is 1.00 bits per heavy atom. The smallest absolute Gasteiger partial charge is 0.0465 e. The third-order valence-corrected chi connectivity index (χ3v) is 15.8. The number of hydrogen-bond donors (Lipinski definition) is 0. The van der Waals surface area contributed by atoms with E-state index < -0.39 is 0 Å². The predicted octanol–water partition coefficient (Wildman–Crippen LogP) is 15.2. The van der Waals surface area contributed by atoms with Gasteiger partial charge in [-0.15, -0.1) is 0 Å². The maximum Gasteiger partial charge on any atom is 0.0465 e. The average molecular weight is 744 g/mol. The lowest BCUT2D eigenvalue weighted by Gasteiger charge is -2.57. The zero-order valence-corrected chi connectivity index (χ0v) is 34.0. The van der Waals surface area contributed by atoms with Gasteiger partial charge in [-0.3, -0.25) is 0 Å². The van der Waals surface area contributed by atoms with Gasteiger partial charge in [0.25, 0.3) is 0 Å². The van der Waals surface area contributed by atoms with Gasteiger partial charge in [0, 0.05) is 27.9 Å². The molecule has 0 heterocycles. The van der Waals surface area contributed by atoms with Gasteiger partial charge in [-0.05, 0) is 161 Å². The summed E-state index contributed by atoms with van der Waals surface area (Å²) in [5.41, 5.74) is 16.8. The summed E-state index contributed by atoms with van der Waals surface area (Å²) >= 11 is 0. The summed E-state index contributed by atoms with van der Waals surface area (Å²) in [7, 11) is 0. The molecule has 5 fully saturated rings. The van der Waals surface area contributed by atoms with Crippen molar-refractivity contribution in [2.24, 2.45) is 17.8 Å². The van der Waals surface area contributed by atoms with E-state index in [0.29, 0.717) is 5.41 Å². The molecule has 0 radical (unpaired) electrons. The molecule has 1 heteroatoms. The van der Waals surface area contributed by atoms with Crippen molar-refractivity contribution < 1.29 is 0 Å². The number of rotatable bonds is 7. The first-order valence-electron chi connectivity index (χ1n) is 22.3. The quantitative estimate of drug-likeness (QED) is 0.147. The molecule has 286 valence electrons. The van der Waals surface area contributed by atoms with E-state index in [1.807, 2.05) is 0 Å². The fourth-order valence-electron chi connectivity index (χ4n) is 13.4. The summed E-state index contributed by atoms with van der Waals surface area (Å²) < 4.78 is 0. The second-order valence-electron chi connectivity index (χ2n) is 19.4. The van der Waals surface area contributed by atoms with Crippen molar-refractivity contribution in [3.63, 3.8) is 0 Å². The Kier molecular flexibility index (Phi) is 8.43. The van der Waals surface area contributed by atoms with E-state index in [1.165, 1.54) is 139 Å². The van der Waals surface area contributed by atoms with E-state index in [0.717, 1.165) is 17.8 Å². The van der Waals surface area contributed by atoms with E-state index in [2.05, 4.69) is 164 Å². The molecule has 0 unspecified atom stereocenters. The van der Waals surface area contributed by atoms with Crippen molar-refractivity contribution in [1.29, 1.82) is 0 Å². The maximum atomic E-state index is 2.55. The first-order chi connectivity index (χ1) is 27.9. The molecule has 0 aliphatic heterocycles. The first-order valence-corrected chi connectivity index (χ1v) is 22.3. The van der Waals surface area contributed by atoms with Crippen molar-refractivity contribution in [2.75, 3.05) is 4.90 Å². The monoisotopic (exact) mass is 743 g/mol. The van der Waals surface area contributed by atoms with Crippen molar-refractivity contribution in [3.05, 3.63) is 173 Å². The Morgan fingerprint density at radius 3 is 1.61 bits per heavy atom. The highest BCUT2D eigenvalue weighted by atomic mass is 15.1. The molecule has 0 aromatic heterocycles. The van der Waals surface area contributed by atoms with Crippen LogP contribution in [0.3, 0.4) is 0 Å². The molecule has 6 aromatic carbocycles. The molecule has 6 aliphatic rings. The number of hydrogen-bond acceptors (Lipinski definition) is 1. The van der Waals surface area contributed by atoms with Crippen LogP contribution in [-0.4, -0.2) is 0 Å². The van der Waals surface area contributed by atoms with E-state index >= 15 is 0 Å². The van der Waals surface area contributed by atoms with Crippen LogP contribution < -0.4 is 4.90 Å². The van der Waals surface area contributed by atoms with Gasteiger partial charge < -0.3 is 4.90 Å². The number of fused-ring (bicyclic) bond motifs is 3. The van der Waals surface area contributed by atoms with E-state index in [-0.39, 0.29) is 10.8 Å². The Hall–Kier alpha value is -4.88. The van der Waals surface area contributed by atoms with Gasteiger partial charge in [-0.25, -0.2) is 0 Å². The third kappa shape index (κ3) is 5.78. The van der Waals surface area contributed by atoms with Crippen LogP contribution in [0.25, 0.3) is 22.3 Å². The second kappa shape index (κ2) is 13.6. The van der Waals surface area contributed by atoms with Crippen molar-refractivity contribution in [2.45, 2.75) is 107 Å². The SMILES string of the molecule is CC1(C)c2cc(N(c3ccc(C45CC6CC(CC(C6)C4)C5)cc3)c3ccc(C4(c5ccccc5)CCCCCC4)cc3)ccc2-c2c(-c3ccccc3)cccc21. The minimum Gasteiger partial charge on any atom is -0.310 e. The Labute approximate surface area is 341 Å². The van der Waals surface area contributed by atoms with Crippen LogP contribution in [0.15, 0.2) is 146 Å². The molecular formula is C56H57N. The average Bonchev–Trinajstić information content (AvgIpc) is 3.37. The summed E-state index contributed by atoms with van der Waals surface area (Å²) in [6.45, 7) is 4.84. The van der Waals surface area contributed by atoms with Crippen molar-refractivity contribution >= 4 is 17.1 Å². The van der Waals surface area contributed by atoms with E-state index in [9.17, 15) is 0 Å². The zero-order chi connectivity index (χ0) is 38.2. The molecule has 6 aromatic rings. The zero-order valence-electron chi connectivity index (χ0n) is 34.0. The summed E-state index contributed by atoms with van der Waals surface area (Å²) in [6.07, 6.45) is 16.4. The van der Waals surface area contributed by atoms with Crippen LogP contribution in [-0.2, 0) is 16.2 Å². The highest BCUT2D eigenvalue weighted by Gasteiger charge is 2.51. The number of nitrogens with zero attached hydrogens (tertiary/aromatic N) is 1. The summed E-state index contributed by atoms with van der Waals surface area (Å²) in [4.78, 5) is 2.55. The lowest BCUT2D eigenvalue weighted by molar-refractivity contribution is -0.00518. The van der Waals surface area contributed by atoms with Gasteiger partial charge in [-0.2, -0.15) is 0 Å². The van der Waals surface area contributed by atoms with Crippen LogP contribution in [0.4, 0.5) is 17.1 Å². The molecule has 0 saturated heterocycles. The molecule has 0 N–H and O–H groups in total. The number of anilines is 3. The highest BCUT2D eigenvalue weighted by molar-refractivity contribution is 5.94. The standard InChI is InChI=1S/C56H57N/c1-54(2)51-19-13-18-49(42-14-7-5-8-15-42)53(51)50-29-28-48(35-52(50)54)57(46-24-20-43(21-25-46)55-36-39-32-40(37-55)34-41(33-39)38-55)47-26-22-45(23-27-47)56(30-11-3-4-12-31-56)44-16-9-6-10-17-44/h5-10,13-29,35,39-41H,3-4,11-12,30-34,36-38H2,1-2H3. The van der Waals surface area contributed by atoms with Crippen LogP contribution in [0, 0.1) is 17.8 Å². The molecule has 12 rings (SSSR count). The van der Waals surface area contributed by atoms with E-state index in [4.69, 9.17) is 0 Å². The van der Waals surface area contributed by atoms with Gasteiger partial charge >= 0.3 is 0 Å². The van der Waals surface area contributed by atoms with Crippen molar-refractivity contribution in [3.8, 4) is 22.3 Å². The Bertz CT molecular complexity index is 2360. The van der Waals surface area contributed by atoms with E-state index in [1.54, 1.807) is 5.56 Å². The minimum atomic E-state index is -0.120. The van der Waals surface area contributed by atoms with Gasteiger partial charge in [0.05, 0.1) is 0 Å². The normalized spacial score (nSPS) is 25.1. The topological polar surface area (TPSA) is 3.24 Å². The fraction of sp³-hybridized carbons (Fsp3) is 0.357. The molecule has 0 atom stereocenters. The van der Waals surface area contributed by atoms with Crippen LogP contribution >= 0.6 is 0 Å². The van der Waals surface area contributed by atoms with Crippen molar-refractivity contribution in [1.82, 2.24) is 0 Å². The highest BCUT2D eigenvalue weighted by Crippen LogP contribution is 2.61. The largest absolute Gasteiger partial charge is 0.310 e. The summed E-state index contributed by atoms with van der Waals surface area (Å²) in [5.74, 6) is 2.83. The predicted molar refractivity (Wildman–Crippen MR) is 239 cm³/mol. The molecule has 0 amide bonds. The molecule has 1 nitrogen and oxygen atoms in total. The lowest BCUT2D eigenvalue weighted by atomic mass is 9.48. The van der Waals surface area contributed by atoms with Gasteiger partial charge in [0.15, 0.2) is 0 Å². The lowest BCUT2D eigenvalue weighted by Crippen LogP contribution is -2.48. The second-order valence-corrected chi connectivity index (χ2v) is 19.4. The van der Waals surface area contributed by atoms with Crippen LogP contribution in [0.2, 0.25) is 0 Å². The molecule has 57 heavy (non-hydrogen) atoms. The summed E-state index contributed by atoms with van der Waals surface area (Å²) in [6, 6.07) is 56.4. The third-order valence-electron chi connectivity index (χ3n) is 15.8. The fourth-order valence-corrected chi connectivity index (χ4v) is 13.4.